The van der Waals surface area contributed by atoms with Gasteiger partial charge in [0.25, 0.3) is 0 Å². The van der Waals surface area contributed by atoms with E-state index in [4.69, 9.17) is 16.0 Å². The minimum Gasteiger partial charge on any atom is -0.464 e. The molecule has 0 saturated carbocycles. The molecule has 1 heterocycles. The fourth-order valence-corrected chi connectivity index (χ4v) is 1.52. The highest BCUT2D eigenvalue weighted by atomic mass is 35.5. The van der Waals surface area contributed by atoms with E-state index >= 15 is 0 Å². The summed E-state index contributed by atoms with van der Waals surface area (Å²) in [6.45, 7) is 1.67. The molecule has 0 unspecified atom stereocenters. The maximum atomic E-state index is 11.4. The Labute approximate surface area is 103 Å². The van der Waals surface area contributed by atoms with E-state index in [1.807, 2.05) is 0 Å². The molecule has 0 aliphatic rings. The lowest BCUT2D eigenvalue weighted by atomic mass is 10.2. The molecule has 1 aromatic carbocycles. The molecule has 0 saturated heterocycles. The van der Waals surface area contributed by atoms with E-state index in [-0.39, 0.29) is 5.69 Å². The van der Waals surface area contributed by atoms with Gasteiger partial charge in [-0.1, -0.05) is 11.6 Å². The van der Waals surface area contributed by atoms with E-state index in [0.717, 1.165) is 5.56 Å². The van der Waals surface area contributed by atoms with E-state index in [2.05, 4.69) is 9.72 Å². The van der Waals surface area contributed by atoms with Crippen molar-refractivity contribution in [3.63, 3.8) is 0 Å². The number of aromatic nitrogens is 1. The lowest BCUT2D eigenvalue weighted by Gasteiger charge is -1.94. The predicted molar refractivity (Wildman–Crippen MR) is 63.0 cm³/mol. The Bertz CT molecular complexity index is 545. The topological polar surface area (TPSA) is 52.3 Å². The first-order valence-electron chi connectivity index (χ1n) is 4.93. The second-order valence-corrected chi connectivity index (χ2v) is 3.86. The Kier molecular flexibility index (Phi) is 3.15. The van der Waals surface area contributed by atoms with Crippen molar-refractivity contribution >= 4 is 17.6 Å². The number of methoxy groups -OCH3 is 1. The molecule has 1 aromatic heterocycles. The Morgan fingerprint density at radius 3 is 2.59 bits per heavy atom. The van der Waals surface area contributed by atoms with Crippen LogP contribution in [0.15, 0.2) is 28.7 Å². The van der Waals surface area contributed by atoms with Crippen LogP contribution in [0.4, 0.5) is 0 Å². The number of aryl methyl sites for hydroxylation is 1. The van der Waals surface area contributed by atoms with E-state index in [1.54, 1.807) is 31.2 Å². The van der Waals surface area contributed by atoms with Crippen LogP contribution in [0.3, 0.4) is 0 Å². The Hall–Kier alpha value is -1.81. The predicted octanol–water partition coefficient (Wildman–Crippen LogP) is 3.09. The molecule has 2 rings (SSSR count). The van der Waals surface area contributed by atoms with Gasteiger partial charge in [0.05, 0.1) is 7.11 Å². The number of hydrogen-bond acceptors (Lipinski definition) is 4. The first kappa shape index (κ1) is 11.7. The number of nitrogens with zero attached hydrogens (tertiary/aromatic N) is 1. The number of halogens is 1. The van der Waals surface area contributed by atoms with Gasteiger partial charge in [-0.05, 0) is 31.2 Å². The average Bonchev–Trinajstić information content (AvgIpc) is 2.71. The van der Waals surface area contributed by atoms with E-state index in [9.17, 15) is 4.79 Å². The molecular formula is C12H10ClNO3. The maximum absolute atomic E-state index is 11.4. The minimum atomic E-state index is -0.508. The summed E-state index contributed by atoms with van der Waals surface area (Å²) in [5.74, 6) is 0.299. The highest BCUT2D eigenvalue weighted by Gasteiger charge is 2.18. The molecule has 4 nitrogen and oxygen atoms in total. The van der Waals surface area contributed by atoms with Gasteiger partial charge in [-0.15, -0.1) is 0 Å². The Morgan fingerprint density at radius 1 is 1.35 bits per heavy atom. The normalized spacial score (nSPS) is 10.3. The van der Waals surface area contributed by atoms with Crippen molar-refractivity contribution in [3.05, 3.63) is 40.7 Å². The molecule has 0 spiro atoms. The van der Waals surface area contributed by atoms with E-state index in [0.29, 0.717) is 16.7 Å². The van der Waals surface area contributed by atoms with Crippen LogP contribution >= 0.6 is 11.6 Å². The summed E-state index contributed by atoms with van der Waals surface area (Å²) >= 11 is 5.78. The quantitative estimate of drug-likeness (QED) is 0.770. The van der Waals surface area contributed by atoms with Crippen LogP contribution in [0, 0.1) is 6.92 Å². The summed E-state index contributed by atoms with van der Waals surface area (Å²) in [5, 5.41) is 0.630. The Balaban J connectivity index is 2.41. The molecule has 5 heteroatoms. The summed E-state index contributed by atoms with van der Waals surface area (Å²) in [5.41, 5.74) is 0.949. The molecule has 0 N–H and O–H groups in total. The van der Waals surface area contributed by atoms with Crippen molar-refractivity contribution < 1.29 is 13.9 Å². The number of rotatable bonds is 2. The van der Waals surface area contributed by atoms with Gasteiger partial charge in [0, 0.05) is 10.6 Å². The third kappa shape index (κ3) is 2.31. The van der Waals surface area contributed by atoms with Crippen molar-refractivity contribution in [2.75, 3.05) is 7.11 Å². The molecule has 0 radical (unpaired) electrons. The monoisotopic (exact) mass is 251 g/mol. The van der Waals surface area contributed by atoms with Gasteiger partial charge in [-0.3, -0.25) is 0 Å². The second-order valence-electron chi connectivity index (χ2n) is 3.42. The van der Waals surface area contributed by atoms with Gasteiger partial charge in [0.15, 0.2) is 5.69 Å². The number of hydrogen-bond donors (Lipinski definition) is 0. The van der Waals surface area contributed by atoms with Crippen LogP contribution in [0.2, 0.25) is 5.02 Å². The Morgan fingerprint density at radius 2 is 2.00 bits per heavy atom. The van der Waals surface area contributed by atoms with Crippen molar-refractivity contribution in [2.24, 2.45) is 0 Å². The zero-order valence-corrected chi connectivity index (χ0v) is 10.1. The standard InChI is InChI=1S/C12H10ClNO3/c1-7-10(12(15)16-2)14-11(17-7)8-3-5-9(13)6-4-8/h3-6H,1-2H3. The van der Waals surface area contributed by atoms with Crippen molar-refractivity contribution in [3.8, 4) is 11.5 Å². The van der Waals surface area contributed by atoms with Gasteiger partial charge < -0.3 is 9.15 Å². The fourth-order valence-electron chi connectivity index (χ4n) is 1.40. The molecule has 0 aliphatic heterocycles. The molecule has 0 atom stereocenters. The first-order chi connectivity index (χ1) is 8.11. The van der Waals surface area contributed by atoms with Crippen LogP contribution in [0.5, 0.6) is 0 Å². The summed E-state index contributed by atoms with van der Waals surface area (Å²) in [6, 6.07) is 7.01. The third-order valence-corrected chi connectivity index (χ3v) is 2.52. The van der Waals surface area contributed by atoms with Crippen LogP contribution in [-0.2, 0) is 4.74 Å². The van der Waals surface area contributed by atoms with Crippen LogP contribution in [0.25, 0.3) is 11.5 Å². The first-order valence-corrected chi connectivity index (χ1v) is 5.31. The van der Waals surface area contributed by atoms with Crippen molar-refractivity contribution in [2.45, 2.75) is 6.92 Å². The second kappa shape index (κ2) is 4.59. The lowest BCUT2D eigenvalue weighted by Crippen LogP contribution is -2.03. The summed E-state index contributed by atoms with van der Waals surface area (Å²) in [4.78, 5) is 15.5. The smallest absolute Gasteiger partial charge is 0.360 e. The van der Waals surface area contributed by atoms with E-state index in [1.165, 1.54) is 7.11 Å². The van der Waals surface area contributed by atoms with Gasteiger partial charge in [-0.25, -0.2) is 9.78 Å². The number of carbonyl (C=O) groups is 1. The minimum absolute atomic E-state index is 0.192. The zero-order chi connectivity index (χ0) is 12.4. The largest absolute Gasteiger partial charge is 0.464 e. The van der Waals surface area contributed by atoms with E-state index < -0.39 is 5.97 Å². The molecule has 88 valence electrons. The van der Waals surface area contributed by atoms with Gasteiger partial charge in [0.1, 0.15) is 5.76 Å². The molecule has 0 fully saturated rings. The summed E-state index contributed by atoms with van der Waals surface area (Å²) in [7, 11) is 1.30. The molecule has 0 amide bonds. The third-order valence-electron chi connectivity index (χ3n) is 2.27. The molecule has 0 bridgehead atoms. The number of carbonyl (C=O) groups excluding carboxylic acids is 1. The summed E-state index contributed by atoms with van der Waals surface area (Å²) in [6.07, 6.45) is 0. The highest BCUT2D eigenvalue weighted by Crippen LogP contribution is 2.23. The van der Waals surface area contributed by atoms with Crippen LogP contribution in [-0.4, -0.2) is 18.1 Å². The number of ether oxygens (including phenoxy) is 1. The van der Waals surface area contributed by atoms with Crippen molar-refractivity contribution in [1.82, 2.24) is 4.98 Å². The molecule has 2 aromatic rings. The molecule has 0 aliphatic carbocycles. The van der Waals surface area contributed by atoms with Crippen LogP contribution in [0.1, 0.15) is 16.2 Å². The van der Waals surface area contributed by atoms with Crippen molar-refractivity contribution in [1.29, 1.82) is 0 Å². The summed E-state index contributed by atoms with van der Waals surface area (Å²) < 4.78 is 10.0. The number of esters is 1. The maximum Gasteiger partial charge on any atom is 0.360 e. The highest BCUT2D eigenvalue weighted by molar-refractivity contribution is 6.30. The van der Waals surface area contributed by atoms with Gasteiger partial charge in [0.2, 0.25) is 5.89 Å². The fraction of sp³-hybridized carbons (Fsp3) is 0.167. The van der Waals surface area contributed by atoms with Gasteiger partial charge >= 0.3 is 5.97 Å². The average molecular weight is 252 g/mol. The SMILES string of the molecule is COC(=O)c1nc(-c2ccc(Cl)cc2)oc1C. The lowest BCUT2D eigenvalue weighted by molar-refractivity contribution is 0.0593. The number of oxazole rings is 1. The molecular weight excluding hydrogens is 242 g/mol. The van der Waals surface area contributed by atoms with Crippen LogP contribution < -0.4 is 0 Å². The zero-order valence-electron chi connectivity index (χ0n) is 9.36. The number of benzene rings is 1. The van der Waals surface area contributed by atoms with Gasteiger partial charge in [-0.2, -0.15) is 0 Å². The molecule has 17 heavy (non-hydrogen) atoms.